The molecule has 2 rings (SSSR count). The van der Waals surface area contributed by atoms with Crippen molar-refractivity contribution in [3.63, 3.8) is 0 Å². The summed E-state index contributed by atoms with van der Waals surface area (Å²) in [5.41, 5.74) is 2.11. The number of pyridine rings is 1. The van der Waals surface area contributed by atoms with Crippen LogP contribution in [0.25, 0.3) is 10.8 Å². The van der Waals surface area contributed by atoms with Crippen LogP contribution in [0.2, 0.25) is 0 Å². The van der Waals surface area contributed by atoms with E-state index >= 15 is 0 Å². The number of hydrogen-bond donors (Lipinski definition) is 1. The topological polar surface area (TPSA) is 32.9 Å². The lowest BCUT2D eigenvalue weighted by Crippen LogP contribution is -2.05. The van der Waals surface area contributed by atoms with Crippen molar-refractivity contribution in [3.8, 4) is 0 Å². The fraction of sp³-hybridized carbons (Fsp3) is 0.182. The summed E-state index contributed by atoms with van der Waals surface area (Å²) >= 11 is 0. The lowest BCUT2D eigenvalue weighted by atomic mass is 10.1. The van der Waals surface area contributed by atoms with Crippen LogP contribution in [0.15, 0.2) is 29.1 Å². The van der Waals surface area contributed by atoms with Gasteiger partial charge in [0.05, 0.1) is 0 Å². The third-order valence-electron chi connectivity index (χ3n) is 2.21. The average Bonchev–Trinajstić information content (AvgIpc) is 2.06. The van der Waals surface area contributed by atoms with E-state index in [4.69, 9.17) is 0 Å². The first-order chi connectivity index (χ1) is 6.16. The highest BCUT2D eigenvalue weighted by molar-refractivity contribution is 5.84. The standard InChI is InChI=1S/C11H11NO/c1-7-3-4-9-6-11(13)12-8(2)10(9)5-7/h3-6H,1-2H3,(H,12,13). The largest absolute Gasteiger partial charge is 0.326 e. The SMILES string of the molecule is Cc1ccc2cc(=O)[nH]c(C)c2c1. The Balaban J connectivity index is 2.95. The third-order valence-corrected chi connectivity index (χ3v) is 2.21. The van der Waals surface area contributed by atoms with Gasteiger partial charge in [0.1, 0.15) is 0 Å². The van der Waals surface area contributed by atoms with E-state index < -0.39 is 0 Å². The Morgan fingerprint density at radius 3 is 2.69 bits per heavy atom. The summed E-state index contributed by atoms with van der Waals surface area (Å²) in [6, 6.07) is 7.70. The van der Waals surface area contributed by atoms with Gasteiger partial charge in [-0.15, -0.1) is 0 Å². The minimum absolute atomic E-state index is 0.0335. The van der Waals surface area contributed by atoms with Crippen molar-refractivity contribution in [2.45, 2.75) is 13.8 Å². The summed E-state index contributed by atoms with van der Waals surface area (Å²) in [5, 5.41) is 2.13. The zero-order chi connectivity index (χ0) is 9.42. The summed E-state index contributed by atoms with van der Waals surface area (Å²) < 4.78 is 0. The summed E-state index contributed by atoms with van der Waals surface area (Å²) in [5.74, 6) is 0. The normalized spacial score (nSPS) is 10.6. The second kappa shape index (κ2) is 2.73. The molecule has 2 heteroatoms. The van der Waals surface area contributed by atoms with E-state index in [0.717, 1.165) is 16.5 Å². The highest BCUT2D eigenvalue weighted by atomic mass is 16.1. The molecule has 1 aromatic carbocycles. The Morgan fingerprint density at radius 2 is 1.92 bits per heavy atom. The molecule has 1 heterocycles. The highest BCUT2D eigenvalue weighted by Gasteiger charge is 1.98. The number of aromatic nitrogens is 1. The maximum absolute atomic E-state index is 11.1. The van der Waals surface area contributed by atoms with Gasteiger partial charge in [-0.25, -0.2) is 0 Å². The predicted octanol–water partition coefficient (Wildman–Crippen LogP) is 2.14. The van der Waals surface area contributed by atoms with Gasteiger partial charge < -0.3 is 4.98 Å². The van der Waals surface area contributed by atoms with Gasteiger partial charge in [0.25, 0.3) is 0 Å². The third kappa shape index (κ3) is 1.35. The number of benzene rings is 1. The molecule has 0 aliphatic rings. The minimum atomic E-state index is -0.0335. The molecule has 1 aromatic heterocycles. The number of fused-ring (bicyclic) bond motifs is 1. The van der Waals surface area contributed by atoms with Gasteiger partial charge in [0, 0.05) is 17.1 Å². The molecule has 0 unspecified atom stereocenters. The molecule has 0 radical (unpaired) electrons. The molecule has 66 valence electrons. The van der Waals surface area contributed by atoms with Gasteiger partial charge >= 0.3 is 0 Å². The van der Waals surface area contributed by atoms with Crippen molar-refractivity contribution in [3.05, 3.63) is 45.9 Å². The average molecular weight is 173 g/mol. The Morgan fingerprint density at radius 1 is 1.15 bits per heavy atom. The Hall–Kier alpha value is -1.57. The molecule has 0 saturated heterocycles. The van der Waals surface area contributed by atoms with Crippen molar-refractivity contribution in [1.82, 2.24) is 4.98 Å². The number of nitrogens with one attached hydrogen (secondary N) is 1. The monoisotopic (exact) mass is 173 g/mol. The van der Waals surface area contributed by atoms with Crippen LogP contribution in [0.1, 0.15) is 11.3 Å². The molecule has 0 saturated carbocycles. The molecule has 1 N–H and O–H groups in total. The van der Waals surface area contributed by atoms with E-state index in [1.807, 2.05) is 26.0 Å². The molecule has 0 aliphatic heterocycles. The van der Waals surface area contributed by atoms with Crippen LogP contribution >= 0.6 is 0 Å². The molecule has 2 aromatic rings. The van der Waals surface area contributed by atoms with Crippen molar-refractivity contribution in [2.75, 3.05) is 0 Å². The first kappa shape index (κ1) is 8.05. The lowest BCUT2D eigenvalue weighted by molar-refractivity contribution is 1.17. The first-order valence-corrected chi connectivity index (χ1v) is 4.27. The second-order valence-corrected chi connectivity index (χ2v) is 3.35. The molecular weight excluding hydrogens is 162 g/mol. The number of aromatic amines is 1. The second-order valence-electron chi connectivity index (χ2n) is 3.35. The fourth-order valence-corrected chi connectivity index (χ4v) is 1.55. The summed E-state index contributed by atoms with van der Waals surface area (Å²) in [4.78, 5) is 13.9. The summed E-state index contributed by atoms with van der Waals surface area (Å²) in [6.45, 7) is 3.97. The Kier molecular flexibility index (Phi) is 1.69. The number of hydrogen-bond acceptors (Lipinski definition) is 1. The number of rotatable bonds is 0. The van der Waals surface area contributed by atoms with Crippen molar-refractivity contribution in [2.24, 2.45) is 0 Å². The van der Waals surface area contributed by atoms with Crippen molar-refractivity contribution in [1.29, 1.82) is 0 Å². The van der Waals surface area contributed by atoms with Crippen molar-refractivity contribution < 1.29 is 0 Å². The van der Waals surface area contributed by atoms with Crippen LogP contribution in [0.4, 0.5) is 0 Å². The van der Waals surface area contributed by atoms with Crippen LogP contribution in [0, 0.1) is 13.8 Å². The summed E-state index contributed by atoms with van der Waals surface area (Å²) in [6.07, 6.45) is 0. The molecule has 0 bridgehead atoms. The van der Waals surface area contributed by atoms with Crippen LogP contribution in [0.3, 0.4) is 0 Å². The molecule has 2 nitrogen and oxygen atoms in total. The quantitative estimate of drug-likeness (QED) is 0.650. The van der Waals surface area contributed by atoms with Crippen molar-refractivity contribution >= 4 is 10.8 Å². The zero-order valence-electron chi connectivity index (χ0n) is 7.72. The van der Waals surface area contributed by atoms with Crippen LogP contribution in [-0.2, 0) is 0 Å². The van der Waals surface area contributed by atoms with Crippen LogP contribution in [0.5, 0.6) is 0 Å². The van der Waals surface area contributed by atoms with Gasteiger partial charge in [-0.05, 0) is 25.3 Å². The smallest absolute Gasteiger partial charge is 0.248 e. The minimum Gasteiger partial charge on any atom is -0.326 e. The van der Waals surface area contributed by atoms with Crippen LogP contribution < -0.4 is 5.56 Å². The molecule has 0 amide bonds. The molecular formula is C11H11NO. The molecule has 0 aliphatic carbocycles. The lowest BCUT2D eigenvalue weighted by Gasteiger charge is -2.01. The maximum Gasteiger partial charge on any atom is 0.248 e. The number of H-pyrrole nitrogens is 1. The van der Waals surface area contributed by atoms with Gasteiger partial charge in [-0.1, -0.05) is 17.7 Å². The molecule has 0 spiro atoms. The van der Waals surface area contributed by atoms with Gasteiger partial charge in [0.15, 0.2) is 0 Å². The van der Waals surface area contributed by atoms with E-state index in [1.54, 1.807) is 6.07 Å². The highest BCUT2D eigenvalue weighted by Crippen LogP contribution is 2.15. The van der Waals surface area contributed by atoms with E-state index in [9.17, 15) is 4.79 Å². The fourth-order valence-electron chi connectivity index (χ4n) is 1.55. The van der Waals surface area contributed by atoms with Gasteiger partial charge in [-0.2, -0.15) is 0 Å². The number of aryl methyl sites for hydroxylation is 2. The van der Waals surface area contributed by atoms with E-state index in [1.165, 1.54) is 5.56 Å². The molecule has 0 fully saturated rings. The van der Waals surface area contributed by atoms with Gasteiger partial charge in [0.2, 0.25) is 5.56 Å². The van der Waals surface area contributed by atoms with E-state index in [0.29, 0.717) is 0 Å². The first-order valence-electron chi connectivity index (χ1n) is 4.27. The maximum atomic E-state index is 11.1. The summed E-state index contributed by atoms with van der Waals surface area (Å²) in [7, 11) is 0. The predicted molar refractivity (Wildman–Crippen MR) is 54.0 cm³/mol. The Bertz CT molecular complexity index is 511. The molecule has 0 atom stereocenters. The van der Waals surface area contributed by atoms with Gasteiger partial charge in [-0.3, -0.25) is 4.79 Å². The van der Waals surface area contributed by atoms with E-state index in [-0.39, 0.29) is 5.56 Å². The zero-order valence-corrected chi connectivity index (χ0v) is 7.72. The van der Waals surface area contributed by atoms with Crippen LogP contribution in [-0.4, -0.2) is 4.98 Å². The molecule has 13 heavy (non-hydrogen) atoms. The van der Waals surface area contributed by atoms with E-state index in [2.05, 4.69) is 11.1 Å². The Labute approximate surface area is 76.2 Å².